The molecule has 0 radical (unpaired) electrons. The molecule has 148 valence electrons. The van der Waals surface area contributed by atoms with Gasteiger partial charge in [-0.25, -0.2) is 4.39 Å². The Morgan fingerprint density at radius 2 is 1.88 bits per heavy atom. The summed E-state index contributed by atoms with van der Waals surface area (Å²) < 4.78 is 13.2. The van der Waals surface area contributed by atoms with E-state index in [1.54, 1.807) is 19.2 Å². The quantitative estimate of drug-likeness (QED) is 0.360. The van der Waals surface area contributed by atoms with E-state index in [0.29, 0.717) is 12.5 Å². The molecule has 1 aromatic carbocycles. The van der Waals surface area contributed by atoms with Gasteiger partial charge in [0.05, 0.1) is 0 Å². The Morgan fingerprint density at radius 1 is 1.19 bits per heavy atom. The minimum atomic E-state index is -0.209. The summed E-state index contributed by atoms with van der Waals surface area (Å²) in [6.07, 6.45) is 0. The van der Waals surface area contributed by atoms with Crippen LogP contribution in [-0.4, -0.2) is 68.6 Å². The van der Waals surface area contributed by atoms with Crippen molar-refractivity contribution < 1.29 is 4.39 Å². The Hall–Kier alpha value is -0.930. The molecule has 2 N–H and O–H groups in total. The highest BCUT2D eigenvalue weighted by molar-refractivity contribution is 14.0. The fourth-order valence-electron chi connectivity index (χ4n) is 3.12. The van der Waals surface area contributed by atoms with E-state index in [1.807, 2.05) is 6.07 Å². The molecule has 1 saturated heterocycles. The van der Waals surface area contributed by atoms with E-state index in [9.17, 15) is 4.39 Å². The Morgan fingerprint density at radius 3 is 2.50 bits per heavy atom. The molecule has 7 heteroatoms. The van der Waals surface area contributed by atoms with Crippen LogP contribution in [0.25, 0.3) is 0 Å². The first-order valence-corrected chi connectivity index (χ1v) is 9.24. The molecule has 1 aromatic rings. The van der Waals surface area contributed by atoms with Crippen molar-refractivity contribution in [3.05, 3.63) is 35.6 Å². The van der Waals surface area contributed by atoms with Crippen LogP contribution in [0, 0.1) is 11.7 Å². The molecular formula is C19H33FIN5. The fraction of sp³-hybridized carbons (Fsp3) is 0.632. The van der Waals surface area contributed by atoms with E-state index in [0.717, 1.165) is 44.2 Å². The van der Waals surface area contributed by atoms with Gasteiger partial charge in [0.1, 0.15) is 5.82 Å². The third kappa shape index (κ3) is 8.18. The number of hydrogen-bond acceptors (Lipinski definition) is 3. The SMILES string of the molecule is CCN1CCN(CC(C)CNC(=NC)NCc2cccc(F)c2)CC1.I. The lowest BCUT2D eigenvalue weighted by atomic mass is 10.1. The Labute approximate surface area is 174 Å². The molecule has 1 heterocycles. The van der Waals surface area contributed by atoms with Gasteiger partial charge in [0.2, 0.25) is 0 Å². The largest absolute Gasteiger partial charge is 0.356 e. The number of hydrogen-bond donors (Lipinski definition) is 2. The summed E-state index contributed by atoms with van der Waals surface area (Å²) in [7, 11) is 1.76. The summed E-state index contributed by atoms with van der Waals surface area (Å²) in [5, 5.41) is 6.61. The molecule has 1 atom stereocenters. The molecule has 5 nitrogen and oxygen atoms in total. The molecule has 0 saturated carbocycles. The van der Waals surface area contributed by atoms with Gasteiger partial charge in [0.25, 0.3) is 0 Å². The number of nitrogens with one attached hydrogen (secondary N) is 2. The first-order valence-electron chi connectivity index (χ1n) is 9.24. The zero-order valence-corrected chi connectivity index (χ0v) is 18.5. The lowest BCUT2D eigenvalue weighted by Crippen LogP contribution is -2.48. The maximum absolute atomic E-state index is 13.2. The van der Waals surface area contributed by atoms with Crippen molar-refractivity contribution in [2.45, 2.75) is 20.4 Å². The van der Waals surface area contributed by atoms with Crippen LogP contribution in [0.2, 0.25) is 0 Å². The van der Waals surface area contributed by atoms with Crippen molar-refractivity contribution in [1.82, 2.24) is 20.4 Å². The minimum absolute atomic E-state index is 0. The van der Waals surface area contributed by atoms with Crippen molar-refractivity contribution in [2.75, 3.05) is 52.9 Å². The first kappa shape index (κ1) is 23.1. The normalized spacial score (nSPS) is 17.5. The molecule has 0 spiro atoms. The van der Waals surface area contributed by atoms with Gasteiger partial charge in [-0.1, -0.05) is 26.0 Å². The first-order chi connectivity index (χ1) is 12.1. The Bertz CT molecular complexity index is 546. The summed E-state index contributed by atoms with van der Waals surface area (Å²) in [6.45, 7) is 12.8. The summed E-state index contributed by atoms with van der Waals surface area (Å²) in [5.41, 5.74) is 0.907. The number of guanidine groups is 1. The number of halogens is 2. The standard InChI is InChI=1S/C19H32FN5.HI/c1-4-24-8-10-25(11-9-24)15-16(2)13-22-19(21-3)23-14-17-6-5-7-18(20)12-17;/h5-7,12,16H,4,8-11,13-15H2,1-3H3,(H2,21,22,23);1H. The van der Waals surface area contributed by atoms with Crippen molar-refractivity contribution in [3.8, 4) is 0 Å². The minimum Gasteiger partial charge on any atom is -0.356 e. The average Bonchev–Trinajstić information content (AvgIpc) is 2.62. The average molecular weight is 477 g/mol. The van der Waals surface area contributed by atoms with Gasteiger partial charge in [0.15, 0.2) is 5.96 Å². The summed E-state index contributed by atoms with van der Waals surface area (Å²) in [5.74, 6) is 1.09. The van der Waals surface area contributed by atoms with E-state index in [4.69, 9.17) is 0 Å². The van der Waals surface area contributed by atoms with Crippen molar-refractivity contribution in [1.29, 1.82) is 0 Å². The number of nitrogens with zero attached hydrogens (tertiary/aromatic N) is 3. The lowest BCUT2D eigenvalue weighted by Gasteiger charge is -2.35. The van der Waals surface area contributed by atoms with Crippen LogP contribution in [0.4, 0.5) is 4.39 Å². The van der Waals surface area contributed by atoms with E-state index < -0.39 is 0 Å². The molecule has 1 aliphatic rings. The molecule has 0 bridgehead atoms. The van der Waals surface area contributed by atoms with E-state index in [1.165, 1.54) is 19.2 Å². The monoisotopic (exact) mass is 477 g/mol. The summed E-state index contributed by atoms with van der Waals surface area (Å²) in [6, 6.07) is 6.63. The molecule has 0 amide bonds. The second-order valence-corrected chi connectivity index (χ2v) is 6.78. The number of benzene rings is 1. The van der Waals surface area contributed by atoms with E-state index in [-0.39, 0.29) is 29.8 Å². The Kier molecular flexibility index (Phi) is 11.1. The van der Waals surface area contributed by atoms with Crippen LogP contribution in [0.1, 0.15) is 19.4 Å². The molecule has 0 aliphatic carbocycles. The van der Waals surface area contributed by atoms with Crippen molar-refractivity contribution in [2.24, 2.45) is 10.9 Å². The van der Waals surface area contributed by atoms with Crippen molar-refractivity contribution >= 4 is 29.9 Å². The molecule has 26 heavy (non-hydrogen) atoms. The third-order valence-corrected chi connectivity index (χ3v) is 4.67. The van der Waals surface area contributed by atoms with Crippen LogP contribution >= 0.6 is 24.0 Å². The molecule has 1 aliphatic heterocycles. The highest BCUT2D eigenvalue weighted by Gasteiger charge is 2.17. The highest BCUT2D eigenvalue weighted by Crippen LogP contribution is 2.05. The number of rotatable bonds is 7. The van der Waals surface area contributed by atoms with Crippen LogP contribution in [-0.2, 0) is 6.54 Å². The molecule has 0 aromatic heterocycles. The number of likely N-dealkylation sites (N-methyl/N-ethyl adjacent to an activating group) is 1. The van der Waals surface area contributed by atoms with Crippen LogP contribution in [0.3, 0.4) is 0 Å². The molecular weight excluding hydrogens is 444 g/mol. The Balaban J connectivity index is 0.00000338. The molecule has 1 unspecified atom stereocenters. The van der Waals surface area contributed by atoms with E-state index >= 15 is 0 Å². The van der Waals surface area contributed by atoms with Crippen molar-refractivity contribution in [3.63, 3.8) is 0 Å². The lowest BCUT2D eigenvalue weighted by molar-refractivity contribution is 0.124. The van der Waals surface area contributed by atoms with Crippen LogP contribution in [0.15, 0.2) is 29.3 Å². The van der Waals surface area contributed by atoms with Gasteiger partial charge in [-0.2, -0.15) is 0 Å². The third-order valence-electron chi connectivity index (χ3n) is 4.67. The zero-order chi connectivity index (χ0) is 18.1. The maximum atomic E-state index is 13.2. The van der Waals surface area contributed by atoms with Gasteiger partial charge >= 0.3 is 0 Å². The van der Waals surface area contributed by atoms with Gasteiger partial charge in [-0.05, 0) is 30.2 Å². The predicted molar refractivity (Wildman–Crippen MR) is 118 cm³/mol. The molecule has 2 rings (SSSR count). The topological polar surface area (TPSA) is 42.9 Å². The predicted octanol–water partition coefficient (Wildman–Crippen LogP) is 2.38. The fourth-order valence-corrected chi connectivity index (χ4v) is 3.12. The number of aliphatic imine (C=N–C) groups is 1. The number of piperazine rings is 1. The van der Waals surface area contributed by atoms with E-state index in [2.05, 4.69) is 39.3 Å². The van der Waals surface area contributed by atoms with Gasteiger partial charge in [0, 0.05) is 52.9 Å². The van der Waals surface area contributed by atoms with Crippen LogP contribution < -0.4 is 10.6 Å². The second kappa shape index (κ2) is 12.5. The van der Waals surface area contributed by atoms with Crippen LogP contribution in [0.5, 0.6) is 0 Å². The van der Waals surface area contributed by atoms with Gasteiger partial charge in [-0.3, -0.25) is 4.99 Å². The maximum Gasteiger partial charge on any atom is 0.191 e. The van der Waals surface area contributed by atoms with Gasteiger partial charge < -0.3 is 20.4 Å². The summed E-state index contributed by atoms with van der Waals surface area (Å²) in [4.78, 5) is 9.29. The van der Waals surface area contributed by atoms with Gasteiger partial charge in [-0.15, -0.1) is 24.0 Å². The zero-order valence-electron chi connectivity index (χ0n) is 16.2. The highest BCUT2D eigenvalue weighted by atomic mass is 127. The second-order valence-electron chi connectivity index (χ2n) is 6.78. The molecule has 1 fully saturated rings. The smallest absolute Gasteiger partial charge is 0.191 e. The summed E-state index contributed by atoms with van der Waals surface area (Å²) >= 11 is 0.